The van der Waals surface area contributed by atoms with Crippen molar-refractivity contribution < 1.29 is 13.9 Å². The molecule has 0 unspecified atom stereocenters. The number of ether oxygens (including phenoxy) is 2. The van der Waals surface area contributed by atoms with Gasteiger partial charge in [-0.05, 0) is 68.4 Å². The van der Waals surface area contributed by atoms with Crippen LogP contribution < -0.4 is 9.47 Å². The topological polar surface area (TPSA) is 52.4 Å². The zero-order valence-electron chi connectivity index (χ0n) is 17.9. The number of likely N-dealkylation sites (tertiary alicyclic amines) is 1. The Balaban J connectivity index is 1.62. The van der Waals surface area contributed by atoms with E-state index in [1.807, 2.05) is 22.8 Å². The van der Waals surface area contributed by atoms with Crippen molar-refractivity contribution in [3.8, 4) is 17.2 Å². The summed E-state index contributed by atoms with van der Waals surface area (Å²) in [5, 5.41) is 9.74. The van der Waals surface area contributed by atoms with Gasteiger partial charge in [0.1, 0.15) is 17.3 Å². The monoisotopic (exact) mass is 442 g/mol. The summed E-state index contributed by atoms with van der Waals surface area (Å²) in [6.45, 7) is 2.87. The van der Waals surface area contributed by atoms with E-state index in [4.69, 9.17) is 9.47 Å². The number of hydrogen-bond donors (Lipinski definition) is 0. The third-order valence-electron chi connectivity index (χ3n) is 5.44. The molecule has 2 aromatic carbocycles. The summed E-state index contributed by atoms with van der Waals surface area (Å²) >= 11 is 1.57. The zero-order valence-corrected chi connectivity index (χ0v) is 18.7. The predicted octanol–water partition coefficient (Wildman–Crippen LogP) is 4.70. The molecule has 1 aliphatic rings. The number of nitrogens with zero attached hydrogens (tertiary/aromatic N) is 4. The fraction of sp³-hybridized carbons (Fsp3) is 0.391. The van der Waals surface area contributed by atoms with Crippen molar-refractivity contribution in [3.63, 3.8) is 0 Å². The molecule has 0 radical (unpaired) electrons. The molecule has 0 saturated carbocycles. The average molecular weight is 443 g/mol. The molecule has 1 fully saturated rings. The summed E-state index contributed by atoms with van der Waals surface area (Å²) in [6.07, 6.45) is 3.70. The Labute approximate surface area is 186 Å². The minimum atomic E-state index is -0.260. The molecule has 1 aromatic heterocycles. The van der Waals surface area contributed by atoms with Crippen LogP contribution in [0.2, 0.25) is 0 Å². The van der Waals surface area contributed by atoms with E-state index in [1.165, 1.54) is 31.4 Å². The van der Waals surface area contributed by atoms with Crippen LogP contribution in [0.4, 0.5) is 4.39 Å². The van der Waals surface area contributed by atoms with Gasteiger partial charge in [-0.3, -0.25) is 9.47 Å². The lowest BCUT2D eigenvalue weighted by molar-refractivity contribution is 0.214. The van der Waals surface area contributed by atoms with Gasteiger partial charge in [-0.2, -0.15) is 0 Å². The highest BCUT2D eigenvalue weighted by Gasteiger charge is 2.19. The summed E-state index contributed by atoms with van der Waals surface area (Å²) in [6, 6.07) is 12.2. The summed E-state index contributed by atoms with van der Waals surface area (Å²) in [5.74, 6) is 2.83. The lowest BCUT2D eigenvalue weighted by atomic mass is 10.1. The first kappa shape index (κ1) is 21.6. The molecule has 6 nitrogen and oxygen atoms in total. The van der Waals surface area contributed by atoms with Crippen molar-refractivity contribution >= 4 is 11.8 Å². The maximum atomic E-state index is 13.5. The van der Waals surface area contributed by atoms with Crippen molar-refractivity contribution in [2.24, 2.45) is 0 Å². The standard InChI is InChI=1S/C23H27FN4O2S/c1-29-20-10-11-21(30-2)17(14-20)16-31-23-26-25-22(15-27-12-4-3-5-13-27)28(23)19-8-6-18(24)7-9-19/h6-11,14H,3-5,12-13,15-16H2,1-2H3. The van der Waals surface area contributed by atoms with Crippen LogP contribution in [0.3, 0.4) is 0 Å². The first-order chi connectivity index (χ1) is 15.2. The molecular formula is C23H27FN4O2S. The van der Waals surface area contributed by atoms with Gasteiger partial charge in [0.2, 0.25) is 0 Å². The largest absolute Gasteiger partial charge is 0.497 e. The molecular weight excluding hydrogens is 415 g/mol. The van der Waals surface area contributed by atoms with E-state index in [0.717, 1.165) is 53.4 Å². The van der Waals surface area contributed by atoms with E-state index in [9.17, 15) is 4.39 Å². The van der Waals surface area contributed by atoms with E-state index in [0.29, 0.717) is 5.75 Å². The van der Waals surface area contributed by atoms with Gasteiger partial charge in [0.05, 0.1) is 20.8 Å². The van der Waals surface area contributed by atoms with Crippen LogP contribution in [0.25, 0.3) is 5.69 Å². The predicted molar refractivity (Wildman–Crippen MR) is 120 cm³/mol. The second-order valence-corrected chi connectivity index (χ2v) is 8.46. The summed E-state index contributed by atoms with van der Waals surface area (Å²) in [5.41, 5.74) is 1.87. The molecule has 3 aromatic rings. The molecule has 0 spiro atoms. The van der Waals surface area contributed by atoms with Gasteiger partial charge in [-0.1, -0.05) is 18.2 Å². The maximum Gasteiger partial charge on any atom is 0.196 e. The van der Waals surface area contributed by atoms with Gasteiger partial charge < -0.3 is 9.47 Å². The molecule has 2 heterocycles. The normalized spacial score (nSPS) is 14.5. The smallest absolute Gasteiger partial charge is 0.196 e. The molecule has 164 valence electrons. The number of methoxy groups -OCH3 is 2. The van der Waals surface area contributed by atoms with E-state index in [-0.39, 0.29) is 5.82 Å². The molecule has 1 saturated heterocycles. The Morgan fingerprint density at radius 2 is 1.74 bits per heavy atom. The van der Waals surface area contributed by atoms with Crippen LogP contribution >= 0.6 is 11.8 Å². The highest BCUT2D eigenvalue weighted by atomic mass is 32.2. The number of hydrogen-bond acceptors (Lipinski definition) is 6. The zero-order chi connectivity index (χ0) is 21.6. The van der Waals surface area contributed by atoms with Gasteiger partial charge in [-0.25, -0.2) is 4.39 Å². The molecule has 0 N–H and O–H groups in total. The quantitative estimate of drug-likeness (QED) is 0.471. The molecule has 1 aliphatic heterocycles. The minimum Gasteiger partial charge on any atom is -0.497 e. The second-order valence-electron chi connectivity index (χ2n) is 7.51. The Kier molecular flexibility index (Phi) is 7.09. The summed E-state index contributed by atoms with van der Waals surface area (Å²) in [7, 11) is 3.31. The summed E-state index contributed by atoms with van der Waals surface area (Å²) in [4.78, 5) is 2.41. The average Bonchev–Trinajstić information content (AvgIpc) is 3.20. The van der Waals surface area contributed by atoms with Crippen LogP contribution in [0.5, 0.6) is 11.5 Å². The Bertz CT molecular complexity index is 1000. The molecule has 4 rings (SSSR count). The Hall–Kier alpha value is -2.58. The molecule has 8 heteroatoms. The fourth-order valence-electron chi connectivity index (χ4n) is 3.80. The number of rotatable bonds is 8. The molecule has 0 atom stereocenters. The lowest BCUT2D eigenvalue weighted by Crippen LogP contribution is -2.30. The van der Waals surface area contributed by atoms with E-state index in [1.54, 1.807) is 38.1 Å². The third-order valence-corrected chi connectivity index (χ3v) is 6.42. The molecule has 31 heavy (non-hydrogen) atoms. The first-order valence-corrected chi connectivity index (χ1v) is 11.4. The second kappa shape index (κ2) is 10.2. The lowest BCUT2D eigenvalue weighted by Gasteiger charge is -2.26. The molecule has 0 amide bonds. The van der Waals surface area contributed by atoms with Crippen molar-refractivity contribution in [1.82, 2.24) is 19.7 Å². The van der Waals surface area contributed by atoms with Crippen LogP contribution in [-0.2, 0) is 12.3 Å². The van der Waals surface area contributed by atoms with Crippen molar-refractivity contribution in [2.45, 2.75) is 36.7 Å². The van der Waals surface area contributed by atoms with E-state index < -0.39 is 0 Å². The number of aromatic nitrogens is 3. The van der Waals surface area contributed by atoms with Crippen LogP contribution in [0, 0.1) is 5.82 Å². The van der Waals surface area contributed by atoms with Crippen LogP contribution in [-0.4, -0.2) is 47.0 Å². The molecule has 0 aliphatic carbocycles. The number of benzene rings is 2. The van der Waals surface area contributed by atoms with Gasteiger partial charge in [0.25, 0.3) is 0 Å². The minimum absolute atomic E-state index is 0.260. The van der Waals surface area contributed by atoms with E-state index in [2.05, 4.69) is 15.1 Å². The first-order valence-electron chi connectivity index (χ1n) is 10.4. The SMILES string of the molecule is COc1ccc(OC)c(CSc2nnc(CN3CCCCC3)n2-c2ccc(F)cc2)c1. The van der Waals surface area contributed by atoms with Crippen molar-refractivity contribution in [1.29, 1.82) is 0 Å². The van der Waals surface area contributed by atoms with Crippen LogP contribution in [0.1, 0.15) is 30.7 Å². The number of halogens is 1. The van der Waals surface area contributed by atoms with Gasteiger partial charge in [0, 0.05) is 17.0 Å². The fourth-order valence-corrected chi connectivity index (χ4v) is 4.75. The number of piperidine rings is 1. The van der Waals surface area contributed by atoms with Crippen molar-refractivity contribution in [2.75, 3.05) is 27.3 Å². The maximum absolute atomic E-state index is 13.5. The van der Waals surface area contributed by atoms with Gasteiger partial charge in [0.15, 0.2) is 11.0 Å². The Morgan fingerprint density at radius 1 is 0.968 bits per heavy atom. The van der Waals surface area contributed by atoms with Gasteiger partial charge in [-0.15, -0.1) is 10.2 Å². The Morgan fingerprint density at radius 3 is 2.45 bits per heavy atom. The summed E-state index contributed by atoms with van der Waals surface area (Å²) < 4.78 is 26.4. The van der Waals surface area contributed by atoms with Crippen molar-refractivity contribution in [3.05, 3.63) is 59.7 Å². The molecule has 0 bridgehead atoms. The van der Waals surface area contributed by atoms with Gasteiger partial charge >= 0.3 is 0 Å². The van der Waals surface area contributed by atoms with Crippen LogP contribution in [0.15, 0.2) is 47.6 Å². The van der Waals surface area contributed by atoms with E-state index >= 15 is 0 Å². The highest BCUT2D eigenvalue weighted by Crippen LogP contribution is 2.32. The number of thioether (sulfide) groups is 1. The highest BCUT2D eigenvalue weighted by molar-refractivity contribution is 7.98. The third kappa shape index (κ3) is 5.19.